The van der Waals surface area contributed by atoms with Gasteiger partial charge in [-0.3, -0.25) is 4.79 Å². The maximum Gasteiger partial charge on any atom is 0.321 e. The molecule has 2 heterocycles. The third-order valence-electron chi connectivity index (χ3n) is 5.60. The van der Waals surface area contributed by atoms with Crippen LogP contribution in [0.2, 0.25) is 0 Å². The minimum atomic E-state index is -0.114. The number of likely N-dealkylation sites (tertiary alicyclic amines) is 1. The first-order valence-electron chi connectivity index (χ1n) is 9.94. The van der Waals surface area contributed by atoms with Crippen LogP contribution in [0.25, 0.3) is 0 Å². The number of thioether (sulfide) groups is 1. The molecule has 2 aliphatic rings. The van der Waals surface area contributed by atoms with Crippen LogP contribution in [0.5, 0.6) is 0 Å². The summed E-state index contributed by atoms with van der Waals surface area (Å²) in [6.45, 7) is 10.4. The van der Waals surface area contributed by atoms with Gasteiger partial charge in [0.15, 0.2) is 0 Å². The van der Waals surface area contributed by atoms with E-state index in [-0.39, 0.29) is 22.7 Å². The first kappa shape index (κ1) is 20.1. The molecule has 3 rings (SSSR count). The molecular formula is C21H31N3O2S. The summed E-state index contributed by atoms with van der Waals surface area (Å²) in [5.41, 5.74) is 2.10. The maximum absolute atomic E-state index is 12.6. The van der Waals surface area contributed by atoms with E-state index in [0.717, 1.165) is 30.8 Å². The highest BCUT2D eigenvalue weighted by atomic mass is 32.2. The molecule has 1 aromatic rings. The van der Waals surface area contributed by atoms with Crippen molar-refractivity contribution in [1.29, 1.82) is 0 Å². The van der Waals surface area contributed by atoms with E-state index in [2.05, 4.69) is 36.2 Å². The molecule has 6 heteroatoms. The minimum Gasteiger partial charge on any atom is -0.327 e. The van der Waals surface area contributed by atoms with Crippen molar-refractivity contribution in [2.45, 2.75) is 51.3 Å². The molecule has 2 fully saturated rings. The van der Waals surface area contributed by atoms with Gasteiger partial charge in [-0.1, -0.05) is 39.8 Å². The van der Waals surface area contributed by atoms with Crippen molar-refractivity contribution in [3.05, 3.63) is 29.8 Å². The van der Waals surface area contributed by atoms with Crippen molar-refractivity contribution < 1.29 is 9.59 Å². The Kier molecular flexibility index (Phi) is 6.04. The van der Waals surface area contributed by atoms with Crippen LogP contribution in [0.1, 0.15) is 52.0 Å². The first-order valence-corrected chi connectivity index (χ1v) is 10.9. The molecule has 0 aliphatic carbocycles. The smallest absolute Gasteiger partial charge is 0.321 e. The highest BCUT2D eigenvalue weighted by molar-refractivity contribution is 8.00. The number of piperidine rings is 1. The molecule has 27 heavy (non-hydrogen) atoms. The first-order chi connectivity index (χ1) is 12.8. The summed E-state index contributed by atoms with van der Waals surface area (Å²) in [6, 6.07) is 8.02. The molecule has 1 aromatic carbocycles. The van der Waals surface area contributed by atoms with Crippen LogP contribution in [0.4, 0.5) is 10.5 Å². The lowest BCUT2D eigenvalue weighted by molar-refractivity contribution is -0.137. The predicted octanol–water partition coefficient (Wildman–Crippen LogP) is 4.37. The van der Waals surface area contributed by atoms with Gasteiger partial charge in [0.25, 0.3) is 0 Å². The Balaban J connectivity index is 1.58. The fourth-order valence-corrected chi connectivity index (χ4v) is 5.32. The number of carbonyl (C=O) groups excluding carboxylic acids is 2. The highest BCUT2D eigenvalue weighted by Gasteiger charge is 2.47. The van der Waals surface area contributed by atoms with E-state index in [1.807, 2.05) is 42.6 Å². The van der Waals surface area contributed by atoms with Gasteiger partial charge in [0.1, 0.15) is 0 Å². The van der Waals surface area contributed by atoms with Crippen molar-refractivity contribution >= 4 is 29.4 Å². The maximum atomic E-state index is 12.6. The van der Waals surface area contributed by atoms with E-state index >= 15 is 0 Å². The summed E-state index contributed by atoms with van der Waals surface area (Å²) in [5.74, 6) is 1.74. The molecule has 1 spiro atoms. The summed E-state index contributed by atoms with van der Waals surface area (Å²) in [5, 5.41) is 3.01. The second kappa shape index (κ2) is 8.13. The monoisotopic (exact) mass is 389 g/mol. The number of hydrogen-bond acceptors (Lipinski definition) is 3. The Hall–Kier alpha value is -1.69. The topological polar surface area (TPSA) is 52.7 Å². The van der Waals surface area contributed by atoms with Gasteiger partial charge in [-0.15, -0.1) is 11.8 Å². The molecule has 0 saturated carbocycles. The lowest BCUT2D eigenvalue weighted by Gasteiger charge is -2.44. The van der Waals surface area contributed by atoms with E-state index in [1.165, 1.54) is 5.56 Å². The predicted molar refractivity (Wildman–Crippen MR) is 112 cm³/mol. The normalized spacial score (nSPS) is 19.2. The van der Waals surface area contributed by atoms with Crippen LogP contribution in [0, 0.1) is 5.92 Å². The molecule has 148 valence electrons. The van der Waals surface area contributed by atoms with Crippen molar-refractivity contribution in [2.24, 2.45) is 5.92 Å². The number of benzene rings is 1. The lowest BCUT2D eigenvalue weighted by atomic mass is 10.0. The Morgan fingerprint density at radius 2 is 1.67 bits per heavy atom. The molecule has 5 nitrogen and oxygen atoms in total. The Bertz CT molecular complexity index is 679. The van der Waals surface area contributed by atoms with E-state index in [9.17, 15) is 9.59 Å². The number of carbonyl (C=O) groups is 2. The number of hydrogen-bond donors (Lipinski definition) is 1. The Morgan fingerprint density at radius 1 is 1.04 bits per heavy atom. The van der Waals surface area contributed by atoms with E-state index in [4.69, 9.17) is 0 Å². The largest absolute Gasteiger partial charge is 0.327 e. The van der Waals surface area contributed by atoms with Gasteiger partial charge in [-0.25, -0.2) is 4.79 Å². The molecule has 1 N–H and O–H groups in total. The Labute approximate surface area is 166 Å². The summed E-state index contributed by atoms with van der Waals surface area (Å²) < 4.78 is 0. The Morgan fingerprint density at radius 3 is 2.22 bits per heavy atom. The van der Waals surface area contributed by atoms with Gasteiger partial charge in [0.2, 0.25) is 5.91 Å². The van der Waals surface area contributed by atoms with E-state index in [0.29, 0.717) is 19.0 Å². The number of amides is 3. The summed E-state index contributed by atoms with van der Waals surface area (Å²) in [6.07, 6.45) is 1.69. The van der Waals surface area contributed by atoms with Gasteiger partial charge in [-0.2, -0.15) is 0 Å². The van der Waals surface area contributed by atoms with Crippen molar-refractivity contribution in [3.8, 4) is 0 Å². The SMILES string of the molecule is CC(C)C(=O)N1CCSC12CCN(C(=O)Nc1ccc(C(C)C)cc1)CC2. The van der Waals surface area contributed by atoms with Gasteiger partial charge < -0.3 is 15.1 Å². The molecule has 0 atom stereocenters. The molecule has 0 unspecified atom stereocenters. The van der Waals surface area contributed by atoms with Crippen LogP contribution in [0.3, 0.4) is 0 Å². The highest BCUT2D eigenvalue weighted by Crippen LogP contribution is 2.44. The van der Waals surface area contributed by atoms with Gasteiger partial charge >= 0.3 is 6.03 Å². The molecule has 0 bridgehead atoms. The van der Waals surface area contributed by atoms with Crippen molar-refractivity contribution in [3.63, 3.8) is 0 Å². The fraction of sp³-hybridized carbons (Fsp3) is 0.619. The summed E-state index contributed by atoms with van der Waals surface area (Å²) in [7, 11) is 0. The van der Waals surface area contributed by atoms with Crippen LogP contribution in [-0.4, -0.2) is 52.0 Å². The van der Waals surface area contributed by atoms with E-state index in [1.54, 1.807) is 0 Å². The summed E-state index contributed by atoms with van der Waals surface area (Å²) in [4.78, 5) is 29.0. The van der Waals surface area contributed by atoms with Crippen molar-refractivity contribution in [1.82, 2.24) is 9.80 Å². The average Bonchev–Trinajstić information content (AvgIpc) is 3.04. The second-order valence-corrected chi connectivity index (χ2v) is 9.59. The average molecular weight is 390 g/mol. The van der Waals surface area contributed by atoms with Crippen LogP contribution in [0.15, 0.2) is 24.3 Å². The van der Waals surface area contributed by atoms with Crippen LogP contribution in [-0.2, 0) is 4.79 Å². The minimum absolute atomic E-state index is 0.0238. The van der Waals surface area contributed by atoms with Crippen LogP contribution >= 0.6 is 11.8 Å². The number of nitrogens with one attached hydrogen (secondary N) is 1. The second-order valence-electron chi connectivity index (χ2n) is 8.13. The molecule has 0 radical (unpaired) electrons. The van der Waals surface area contributed by atoms with E-state index < -0.39 is 0 Å². The molecule has 2 saturated heterocycles. The fourth-order valence-electron chi connectivity index (χ4n) is 3.86. The third-order valence-corrected chi connectivity index (χ3v) is 7.15. The number of anilines is 1. The van der Waals surface area contributed by atoms with Gasteiger partial charge in [-0.05, 0) is 36.5 Å². The van der Waals surface area contributed by atoms with Crippen molar-refractivity contribution in [2.75, 3.05) is 30.7 Å². The zero-order valence-corrected chi connectivity index (χ0v) is 17.6. The third kappa shape index (κ3) is 4.26. The molecule has 2 aliphatic heterocycles. The molecule has 3 amide bonds. The standard InChI is InChI=1S/C21H31N3O2S/c1-15(2)17-5-7-18(8-6-17)22-20(26)23-11-9-21(10-12-23)24(13-14-27-21)19(25)16(3)4/h5-8,15-16H,9-14H2,1-4H3,(H,22,26). The van der Waals surface area contributed by atoms with Crippen LogP contribution < -0.4 is 5.32 Å². The molecule has 0 aromatic heterocycles. The van der Waals surface area contributed by atoms with Gasteiger partial charge in [0.05, 0.1) is 4.87 Å². The lowest BCUT2D eigenvalue weighted by Crippen LogP contribution is -2.55. The number of urea groups is 1. The summed E-state index contributed by atoms with van der Waals surface area (Å²) >= 11 is 1.89. The quantitative estimate of drug-likeness (QED) is 0.835. The zero-order chi connectivity index (χ0) is 19.6. The molecular weight excluding hydrogens is 358 g/mol. The zero-order valence-electron chi connectivity index (χ0n) is 16.8. The number of rotatable bonds is 3. The van der Waals surface area contributed by atoms with Gasteiger partial charge in [0, 0.05) is 37.0 Å². The number of nitrogens with zero attached hydrogens (tertiary/aromatic N) is 2.